The summed E-state index contributed by atoms with van der Waals surface area (Å²) in [6, 6.07) is 0. The van der Waals surface area contributed by atoms with Crippen LogP contribution in [-0.2, 0) is 4.79 Å². The number of hydrogen-bond donors (Lipinski definition) is 2. The lowest BCUT2D eigenvalue weighted by atomic mass is 9.98. The molecule has 0 rings (SSSR count). The van der Waals surface area contributed by atoms with E-state index in [9.17, 15) is 13.6 Å². The van der Waals surface area contributed by atoms with Gasteiger partial charge < -0.3 is 11.1 Å². The van der Waals surface area contributed by atoms with Gasteiger partial charge in [-0.3, -0.25) is 4.79 Å². The summed E-state index contributed by atoms with van der Waals surface area (Å²) in [7, 11) is 0. The number of hydrogen-bond acceptors (Lipinski definition) is 2. The van der Waals surface area contributed by atoms with E-state index in [1.54, 1.807) is 6.92 Å². The second-order valence-corrected chi connectivity index (χ2v) is 3.08. The highest BCUT2D eigenvalue weighted by atomic mass is 19.3. The van der Waals surface area contributed by atoms with E-state index in [0.29, 0.717) is 13.3 Å². The molecule has 0 radical (unpaired) electrons. The van der Waals surface area contributed by atoms with E-state index < -0.39 is 17.4 Å². The number of amides is 1. The zero-order valence-electron chi connectivity index (χ0n) is 8.45. The van der Waals surface area contributed by atoms with Gasteiger partial charge in [-0.2, -0.15) is 0 Å². The monoisotopic (exact) mass is 204 g/mol. The van der Waals surface area contributed by atoms with Crippen LogP contribution in [0.5, 0.6) is 0 Å². The van der Waals surface area contributed by atoms with Crippen molar-refractivity contribution in [1.29, 1.82) is 5.41 Å². The van der Waals surface area contributed by atoms with E-state index in [1.807, 2.05) is 0 Å². The Morgan fingerprint density at radius 3 is 2.14 bits per heavy atom. The molecular formula is C9H14F2N2O. The van der Waals surface area contributed by atoms with Gasteiger partial charge in [0.1, 0.15) is 0 Å². The molecule has 0 heterocycles. The summed E-state index contributed by atoms with van der Waals surface area (Å²) in [6.45, 7) is 3.56. The number of nitrogens with two attached hydrogens (primary N) is 1. The fourth-order valence-corrected chi connectivity index (χ4v) is 1.15. The Bertz CT molecular complexity index is 290. The highest BCUT2D eigenvalue weighted by Gasteiger charge is 2.34. The van der Waals surface area contributed by atoms with Crippen LogP contribution in [0.1, 0.15) is 27.2 Å². The van der Waals surface area contributed by atoms with Gasteiger partial charge in [-0.1, -0.05) is 6.92 Å². The van der Waals surface area contributed by atoms with Gasteiger partial charge in [-0.25, -0.2) is 8.78 Å². The zero-order valence-corrected chi connectivity index (χ0v) is 8.45. The summed E-state index contributed by atoms with van der Waals surface area (Å²) in [5.41, 5.74) is 4.03. The lowest BCUT2D eigenvalue weighted by Gasteiger charge is -2.15. The molecule has 0 aliphatic rings. The average Bonchev–Trinajstić information content (AvgIpc) is 1.99. The first-order valence-corrected chi connectivity index (χ1v) is 4.18. The molecule has 0 aromatic rings. The smallest absolute Gasteiger partial charge is 0.276 e. The number of primary amides is 1. The SMILES string of the molecule is CCC(=N)/C(C)=C(\C(N)=O)C(C)(F)F. The molecule has 0 aliphatic heterocycles. The van der Waals surface area contributed by atoms with Gasteiger partial charge in [0.05, 0.1) is 5.57 Å². The Balaban J connectivity index is 5.40. The van der Waals surface area contributed by atoms with Crippen molar-refractivity contribution in [1.82, 2.24) is 0 Å². The summed E-state index contributed by atoms with van der Waals surface area (Å²) in [5, 5.41) is 7.35. The Morgan fingerprint density at radius 2 is 1.93 bits per heavy atom. The molecule has 3 nitrogen and oxygen atoms in total. The average molecular weight is 204 g/mol. The summed E-state index contributed by atoms with van der Waals surface area (Å²) >= 11 is 0. The van der Waals surface area contributed by atoms with Crippen LogP contribution in [0.15, 0.2) is 11.1 Å². The summed E-state index contributed by atoms with van der Waals surface area (Å²) in [4.78, 5) is 10.8. The lowest BCUT2D eigenvalue weighted by Crippen LogP contribution is -2.29. The number of rotatable bonds is 4. The molecule has 5 heteroatoms. The van der Waals surface area contributed by atoms with Gasteiger partial charge in [-0.05, 0) is 18.9 Å². The van der Waals surface area contributed by atoms with Crippen LogP contribution in [0.25, 0.3) is 0 Å². The minimum atomic E-state index is -3.29. The van der Waals surface area contributed by atoms with Gasteiger partial charge in [0, 0.05) is 12.6 Å². The number of halogens is 2. The number of carbonyl (C=O) groups excluding carboxylic acids is 1. The summed E-state index contributed by atoms with van der Waals surface area (Å²) in [5.74, 6) is -4.47. The second-order valence-electron chi connectivity index (χ2n) is 3.08. The summed E-state index contributed by atoms with van der Waals surface area (Å²) in [6.07, 6.45) is 0.290. The van der Waals surface area contributed by atoms with E-state index >= 15 is 0 Å². The Morgan fingerprint density at radius 1 is 1.50 bits per heavy atom. The molecular weight excluding hydrogens is 190 g/mol. The Labute approximate surface area is 81.5 Å². The molecule has 0 unspecified atom stereocenters. The Hall–Kier alpha value is -1.26. The van der Waals surface area contributed by atoms with E-state index in [1.165, 1.54) is 6.92 Å². The maximum absolute atomic E-state index is 12.9. The molecule has 1 amide bonds. The standard InChI is InChI=1S/C9H14F2N2O/c1-4-6(12)5(2)7(8(13)14)9(3,10)11/h12H,4H2,1-3H3,(H2,13,14)/b7-5+,12-6?. The van der Waals surface area contributed by atoms with Crippen molar-refractivity contribution in [3.05, 3.63) is 11.1 Å². The third kappa shape index (κ3) is 2.90. The highest BCUT2D eigenvalue weighted by molar-refractivity contribution is 6.06. The van der Waals surface area contributed by atoms with Crippen LogP contribution in [0.4, 0.5) is 8.78 Å². The maximum Gasteiger partial charge on any atom is 0.276 e. The van der Waals surface area contributed by atoms with E-state index in [2.05, 4.69) is 0 Å². The highest BCUT2D eigenvalue weighted by Crippen LogP contribution is 2.26. The van der Waals surface area contributed by atoms with E-state index in [-0.39, 0.29) is 11.3 Å². The van der Waals surface area contributed by atoms with Crippen molar-refractivity contribution in [2.75, 3.05) is 0 Å². The molecule has 0 fully saturated rings. The largest absolute Gasteiger partial charge is 0.366 e. The van der Waals surface area contributed by atoms with Crippen molar-refractivity contribution in [2.24, 2.45) is 5.73 Å². The quantitative estimate of drug-likeness (QED) is 0.532. The van der Waals surface area contributed by atoms with Crippen LogP contribution in [0.2, 0.25) is 0 Å². The molecule has 0 aromatic carbocycles. The molecule has 0 bridgehead atoms. The predicted octanol–water partition coefficient (Wildman–Crippen LogP) is 1.87. The van der Waals surface area contributed by atoms with E-state index in [4.69, 9.17) is 11.1 Å². The van der Waals surface area contributed by atoms with Crippen molar-refractivity contribution in [3.8, 4) is 0 Å². The van der Waals surface area contributed by atoms with Crippen molar-refractivity contribution in [2.45, 2.75) is 33.1 Å². The minimum Gasteiger partial charge on any atom is -0.366 e. The minimum absolute atomic E-state index is 0.000301. The third-order valence-corrected chi connectivity index (χ3v) is 1.87. The topological polar surface area (TPSA) is 66.9 Å². The zero-order chi connectivity index (χ0) is 11.5. The molecule has 0 spiro atoms. The molecule has 80 valence electrons. The normalized spacial score (nSPS) is 13.5. The third-order valence-electron chi connectivity index (χ3n) is 1.87. The fourth-order valence-electron chi connectivity index (χ4n) is 1.15. The number of allylic oxidation sites excluding steroid dienone is 1. The second kappa shape index (κ2) is 4.30. The van der Waals surface area contributed by atoms with Crippen LogP contribution in [0.3, 0.4) is 0 Å². The van der Waals surface area contributed by atoms with Crippen molar-refractivity contribution < 1.29 is 13.6 Å². The molecule has 0 aliphatic carbocycles. The molecule has 0 saturated carbocycles. The summed E-state index contributed by atoms with van der Waals surface area (Å²) < 4.78 is 25.9. The fraction of sp³-hybridized carbons (Fsp3) is 0.556. The number of alkyl halides is 2. The van der Waals surface area contributed by atoms with Gasteiger partial charge in [0.15, 0.2) is 0 Å². The molecule has 0 aromatic heterocycles. The van der Waals surface area contributed by atoms with Crippen LogP contribution in [-0.4, -0.2) is 17.5 Å². The van der Waals surface area contributed by atoms with Gasteiger partial charge in [-0.15, -0.1) is 0 Å². The first-order valence-electron chi connectivity index (χ1n) is 4.18. The Kier molecular flexibility index (Phi) is 3.92. The first-order chi connectivity index (χ1) is 6.21. The van der Waals surface area contributed by atoms with Crippen molar-refractivity contribution in [3.63, 3.8) is 0 Å². The van der Waals surface area contributed by atoms with Crippen LogP contribution in [0, 0.1) is 5.41 Å². The molecule has 0 saturated heterocycles. The maximum atomic E-state index is 12.9. The van der Waals surface area contributed by atoms with E-state index in [0.717, 1.165) is 0 Å². The van der Waals surface area contributed by atoms with Crippen LogP contribution < -0.4 is 5.73 Å². The predicted molar refractivity (Wildman–Crippen MR) is 50.5 cm³/mol. The van der Waals surface area contributed by atoms with Gasteiger partial charge in [0.25, 0.3) is 11.8 Å². The van der Waals surface area contributed by atoms with Crippen molar-refractivity contribution >= 4 is 11.6 Å². The molecule has 14 heavy (non-hydrogen) atoms. The number of nitrogens with one attached hydrogen (secondary N) is 1. The van der Waals surface area contributed by atoms with Gasteiger partial charge in [0.2, 0.25) is 0 Å². The number of carbonyl (C=O) groups is 1. The first kappa shape index (κ1) is 12.7. The van der Waals surface area contributed by atoms with Gasteiger partial charge >= 0.3 is 0 Å². The molecule has 0 atom stereocenters. The molecule has 3 N–H and O–H groups in total. The van der Waals surface area contributed by atoms with Crippen LogP contribution >= 0.6 is 0 Å². The lowest BCUT2D eigenvalue weighted by molar-refractivity contribution is -0.117.